The van der Waals surface area contributed by atoms with Gasteiger partial charge in [0.1, 0.15) is 5.82 Å². The van der Waals surface area contributed by atoms with Crippen LogP contribution in [-0.4, -0.2) is 6.61 Å². The molecule has 0 aromatic heterocycles. The minimum atomic E-state index is -1.01. The summed E-state index contributed by atoms with van der Waals surface area (Å²) in [6.07, 6.45) is 0. The van der Waals surface area contributed by atoms with Gasteiger partial charge in [0.15, 0.2) is 17.4 Å². The van der Waals surface area contributed by atoms with E-state index in [2.05, 4.69) is 4.74 Å². The molecular weight excluding hydrogens is 181 g/mol. The van der Waals surface area contributed by atoms with Crippen molar-refractivity contribution < 1.29 is 17.9 Å². The highest BCUT2D eigenvalue weighted by molar-refractivity contribution is 5.33. The number of rotatable bonds is 2. The third kappa shape index (κ3) is 1.76. The van der Waals surface area contributed by atoms with Crippen molar-refractivity contribution in [1.29, 1.82) is 0 Å². The highest BCUT2D eigenvalue weighted by Crippen LogP contribution is 2.26. The maximum Gasteiger partial charge on any atom is 0.191 e. The quantitative estimate of drug-likeness (QED) is 0.696. The second kappa shape index (κ2) is 3.68. The molecule has 0 saturated carbocycles. The van der Waals surface area contributed by atoms with E-state index in [1.54, 1.807) is 6.92 Å². The van der Waals surface area contributed by atoms with Crippen molar-refractivity contribution in [3.8, 4) is 5.75 Å². The van der Waals surface area contributed by atoms with Crippen LogP contribution in [0.3, 0.4) is 0 Å². The molecule has 0 aliphatic carbocycles. The summed E-state index contributed by atoms with van der Waals surface area (Å²) >= 11 is 0. The van der Waals surface area contributed by atoms with Crippen molar-refractivity contribution >= 4 is 0 Å². The number of halogens is 3. The van der Waals surface area contributed by atoms with Gasteiger partial charge in [-0.1, -0.05) is 0 Å². The second-order valence-corrected chi connectivity index (χ2v) is 2.54. The Kier molecular flexibility index (Phi) is 2.80. The molecule has 0 atom stereocenters. The molecule has 0 heterocycles. The molecule has 13 heavy (non-hydrogen) atoms. The van der Waals surface area contributed by atoms with Crippen LogP contribution in [0.25, 0.3) is 0 Å². The first-order valence-electron chi connectivity index (χ1n) is 3.84. The van der Waals surface area contributed by atoms with Gasteiger partial charge in [0.25, 0.3) is 0 Å². The van der Waals surface area contributed by atoms with E-state index in [1.165, 1.54) is 6.92 Å². The van der Waals surface area contributed by atoms with Crippen LogP contribution in [0, 0.1) is 24.4 Å². The normalized spacial score (nSPS) is 10.2. The van der Waals surface area contributed by atoms with E-state index in [-0.39, 0.29) is 12.2 Å². The van der Waals surface area contributed by atoms with Gasteiger partial charge < -0.3 is 4.74 Å². The minimum Gasteiger partial charge on any atom is -0.488 e. The number of benzene rings is 1. The average Bonchev–Trinajstić information content (AvgIpc) is 2.09. The van der Waals surface area contributed by atoms with Crippen molar-refractivity contribution in [2.45, 2.75) is 13.8 Å². The van der Waals surface area contributed by atoms with Gasteiger partial charge in [-0.3, -0.25) is 0 Å². The van der Waals surface area contributed by atoms with E-state index in [4.69, 9.17) is 0 Å². The van der Waals surface area contributed by atoms with Crippen LogP contribution in [0.15, 0.2) is 6.07 Å². The Morgan fingerprint density at radius 2 is 1.85 bits per heavy atom. The van der Waals surface area contributed by atoms with Crippen molar-refractivity contribution in [2.24, 2.45) is 0 Å². The summed E-state index contributed by atoms with van der Waals surface area (Å²) in [7, 11) is 0. The molecule has 0 spiro atoms. The van der Waals surface area contributed by atoms with Gasteiger partial charge >= 0.3 is 0 Å². The lowest BCUT2D eigenvalue weighted by molar-refractivity contribution is 0.299. The van der Waals surface area contributed by atoms with E-state index < -0.39 is 23.2 Å². The summed E-state index contributed by atoms with van der Waals surface area (Å²) in [6.45, 7) is 2.96. The fourth-order valence-electron chi connectivity index (χ4n) is 0.942. The van der Waals surface area contributed by atoms with E-state index >= 15 is 0 Å². The molecule has 0 N–H and O–H groups in total. The predicted octanol–water partition coefficient (Wildman–Crippen LogP) is 2.81. The van der Waals surface area contributed by atoms with Gasteiger partial charge in [-0.15, -0.1) is 0 Å². The Morgan fingerprint density at radius 1 is 1.23 bits per heavy atom. The summed E-state index contributed by atoms with van der Waals surface area (Å²) in [4.78, 5) is 0. The van der Waals surface area contributed by atoms with E-state index in [0.29, 0.717) is 6.07 Å². The van der Waals surface area contributed by atoms with Gasteiger partial charge in [-0.25, -0.2) is 13.2 Å². The number of ether oxygens (including phenoxy) is 1. The molecule has 1 rings (SSSR count). The van der Waals surface area contributed by atoms with E-state index in [9.17, 15) is 13.2 Å². The molecule has 1 aromatic rings. The fraction of sp³-hybridized carbons (Fsp3) is 0.333. The maximum atomic E-state index is 13.1. The van der Waals surface area contributed by atoms with Crippen molar-refractivity contribution in [3.63, 3.8) is 0 Å². The zero-order valence-corrected chi connectivity index (χ0v) is 7.33. The smallest absolute Gasteiger partial charge is 0.191 e. The van der Waals surface area contributed by atoms with Crippen LogP contribution < -0.4 is 4.74 Å². The monoisotopic (exact) mass is 190 g/mol. The van der Waals surface area contributed by atoms with Crippen LogP contribution in [0.5, 0.6) is 5.75 Å². The molecule has 0 fully saturated rings. The Bertz CT molecular complexity index is 323. The Labute approximate surface area is 74.1 Å². The molecule has 0 aliphatic rings. The first kappa shape index (κ1) is 9.89. The summed E-state index contributed by atoms with van der Waals surface area (Å²) in [5.41, 5.74) is -0.232. The highest BCUT2D eigenvalue weighted by Gasteiger charge is 2.16. The zero-order chi connectivity index (χ0) is 10.0. The Morgan fingerprint density at radius 3 is 2.38 bits per heavy atom. The molecule has 72 valence electrons. The molecule has 4 heteroatoms. The van der Waals surface area contributed by atoms with Gasteiger partial charge in [0.05, 0.1) is 6.61 Å². The topological polar surface area (TPSA) is 9.23 Å². The summed E-state index contributed by atoms with van der Waals surface area (Å²) in [5, 5.41) is 0. The van der Waals surface area contributed by atoms with Crippen LogP contribution in [0.4, 0.5) is 13.2 Å². The van der Waals surface area contributed by atoms with Crippen molar-refractivity contribution in [1.82, 2.24) is 0 Å². The molecule has 0 bridgehead atoms. The SMILES string of the molecule is CCOc1c(F)cc(F)c(C)c1F. The number of hydrogen-bond donors (Lipinski definition) is 0. The van der Waals surface area contributed by atoms with Crippen LogP contribution >= 0.6 is 0 Å². The first-order chi connectivity index (χ1) is 6.07. The van der Waals surface area contributed by atoms with Gasteiger partial charge in [0, 0.05) is 11.6 Å². The molecule has 0 unspecified atom stereocenters. The first-order valence-corrected chi connectivity index (χ1v) is 3.84. The van der Waals surface area contributed by atoms with Crippen LogP contribution in [0.1, 0.15) is 12.5 Å². The lowest BCUT2D eigenvalue weighted by Crippen LogP contribution is -2.01. The largest absolute Gasteiger partial charge is 0.488 e. The maximum absolute atomic E-state index is 13.1. The second-order valence-electron chi connectivity index (χ2n) is 2.54. The molecule has 0 saturated heterocycles. The third-order valence-corrected chi connectivity index (χ3v) is 1.65. The van der Waals surface area contributed by atoms with E-state index in [1.807, 2.05) is 0 Å². The lowest BCUT2D eigenvalue weighted by Gasteiger charge is -2.08. The molecule has 0 amide bonds. The third-order valence-electron chi connectivity index (χ3n) is 1.65. The van der Waals surface area contributed by atoms with Gasteiger partial charge in [-0.2, -0.15) is 0 Å². The molecule has 1 nitrogen and oxygen atoms in total. The fourth-order valence-corrected chi connectivity index (χ4v) is 0.942. The standard InChI is InChI=1S/C9H9F3O/c1-3-13-9-7(11)4-6(10)5(2)8(9)12/h4H,3H2,1-2H3. The lowest BCUT2D eigenvalue weighted by atomic mass is 10.2. The van der Waals surface area contributed by atoms with Gasteiger partial charge in [0.2, 0.25) is 0 Å². The Hall–Kier alpha value is -1.19. The molecular formula is C9H9F3O. The summed E-state index contributed by atoms with van der Waals surface area (Å²) in [6, 6.07) is 0.614. The van der Waals surface area contributed by atoms with Crippen LogP contribution in [-0.2, 0) is 0 Å². The molecule has 0 radical (unpaired) electrons. The van der Waals surface area contributed by atoms with Gasteiger partial charge in [-0.05, 0) is 13.8 Å². The van der Waals surface area contributed by atoms with E-state index in [0.717, 1.165) is 0 Å². The number of hydrogen-bond acceptors (Lipinski definition) is 1. The highest BCUT2D eigenvalue weighted by atomic mass is 19.1. The van der Waals surface area contributed by atoms with Crippen molar-refractivity contribution in [2.75, 3.05) is 6.61 Å². The molecule has 0 aliphatic heterocycles. The average molecular weight is 190 g/mol. The summed E-state index contributed by atoms with van der Waals surface area (Å²) in [5.74, 6) is -3.40. The molecule has 1 aromatic carbocycles. The zero-order valence-electron chi connectivity index (χ0n) is 7.33. The summed E-state index contributed by atoms with van der Waals surface area (Å²) < 4.78 is 43.4. The minimum absolute atomic E-state index is 0.138. The van der Waals surface area contributed by atoms with Crippen molar-refractivity contribution in [3.05, 3.63) is 29.1 Å². The predicted molar refractivity (Wildman–Crippen MR) is 42.2 cm³/mol. The Balaban J connectivity index is 3.26. The van der Waals surface area contributed by atoms with Crippen LogP contribution in [0.2, 0.25) is 0 Å².